The van der Waals surface area contributed by atoms with E-state index >= 15 is 0 Å². The molecule has 1 N–H and O–H groups in total. The lowest BCUT2D eigenvalue weighted by Gasteiger charge is -2.04. The highest BCUT2D eigenvalue weighted by Crippen LogP contribution is 2.19. The van der Waals surface area contributed by atoms with E-state index in [1.165, 1.54) is 16.2 Å². The van der Waals surface area contributed by atoms with Gasteiger partial charge in [0.15, 0.2) is 0 Å². The minimum atomic E-state index is -0.0571. The molecule has 2 rings (SSSR count). The fourth-order valence-corrected chi connectivity index (χ4v) is 2.58. The van der Waals surface area contributed by atoms with Gasteiger partial charge in [-0.05, 0) is 36.2 Å². The fourth-order valence-electron chi connectivity index (χ4n) is 1.56. The van der Waals surface area contributed by atoms with Crippen LogP contribution in [0.4, 0.5) is 5.69 Å². The molecule has 1 aromatic heterocycles. The minimum Gasteiger partial charge on any atom is -0.321 e. The van der Waals surface area contributed by atoms with Crippen LogP contribution in [0.15, 0.2) is 36.4 Å². The third kappa shape index (κ3) is 3.12. The molecule has 0 unspecified atom stereocenters. The molecule has 1 aromatic carbocycles. The molecule has 0 aliphatic rings. The predicted molar refractivity (Wildman–Crippen MR) is 77.6 cm³/mol. The zero-order valence-electron chi connectivity index (χ0n) is 10.1. The molecule has 1 amide bonds. The summed E-state index contributed by atoms with van der Waals surface area (Å²) >= 11 is 7.25. The number of alkyl halides is 1. The molecule has 18 heavy (non-hydrogen) atoms. The molecule has 0 fully saturated rings. The lowest BCUT2D eigenvalue weighted by Crippen LogP contribution is -2.09. The molecule has 0 spiro atoms. The fraction of sp³-hybridized carbons (Fsp3) is 0.214. The van der Waals surface area contributed by atoms with Gasteiger partial charge in [-0.1, -0.05) is 19.1 Å². The number of carbonyl (C=O) groups is 1. The Hall–Kier alpha value is -1.32. The third-order valence-electron chi connectivity index (χ3n) is 2.60. The van der Waals surface area contributed by atoms with Crippen LogP contribution in [0.1, 0.15) is 27.0 Å². The quantitative estimate of drug-likeness (QED) is 0.831. The maximum atomic E-state index is 12.0. The molecule has 0 bridgehead atoms. The first-order valence-electron chi connectivity index (χ1n) is 5.78. The second-order valence-corrected chi connectivity index (χ2v) is 5.34. The van der Waals surface area contributed by atoms with Crippen molar-refractivity contribution in [1.82, 2.24) is 0 Å². The molecule has 0 atom stereocenters. The summed E-state index contributed by atoms with van der Waals surface area (Å²) in [6.45, 7) is 2.08. The Labute approximate surface area is 116 Å². The molecule has 1 heterocycles. The van der Waals surface area contributed by atoms with E-state index in [1.54, 1.807) is 0 Å². The van der Waals surface area contributed by atoms with Crippen molar-refractivity contribution in [2.24, 2.45) is 0 Å². The normalized spacial score (nSPS) is 10.3. The number of anilines is 1. The van der Waals surface area contributed by atoms with Crippen molar-refractivity contribution in [2.75, 3.05) is 5.32 Å². The SMILES string of the molecule is CCc1ccc(C(=O)Nc2ccc(CCl)cc2)s1. The number of benzene rings is 1. The molecule has 2 aromatic rings. The van der Waals surface area contributed by atoms with Crippen molar-refractivity contribution in [1.29, 1.82) is 0 Å². The van der Waals surface area contributed by atoms with E-state index in [2.05, 4.69) is 12.2 Å². The molecule has 0 aliphatic carbocycles. The van der Waals surface area contributed by atoms with Crippen molar-refractivity contribution in [2.45, 2.75) is 19.2 Å². The molecule has 0 saturated heterocycles. The van der Waals surface area contributed by atoms with Gasteiger partial charge in [-0.3, -0.25) is 4.79 Å². The van der Waals surface area contributed by atoms with E-state index in [4.69, 9.17) is 11.6 Å². The van der Waals surface area contributed by atoms with Gasteiger partial charge in [0.25, 0.3) is 5.91 Å². The Morgan fingerprint density at radius 2 is 1.94 bits per heavy atom. The Morgan fingerprint density at radius 3 is 2.50 bits per heavy atom. The lowest BCUT2D eigenvalue weighted by atomic mass is 10.2. The second kappa shape index (κ2) is 6.03. The number of carbonyl (C=O) groups excluding carboxylic acids is 1. The highest BCUT2D eigenvalue weighted by Gasteiger charge is 2.08. The van der Waals surface area contributed by atoms with Crippen molar-refractivity contribution < 1.29 is 4.79 Å². The molecular weight excluding hydrogens is 266 g/mol. The van der Waals surface area contributed by atoms with Gasteiger partial charge in [-0.25, -0.2) is 0 Å². The van der Waals surface area contributed by atoms with Gasteiger partial charge in [-0.2, -0.15) is 0 Å². The summed E-state index contributed by atoms with van der Waals surface area (Å²) in [5.74, 6) is 0.428. The Kier molecular flexibility index (Phi) is 4.39. The van der Waals surface area contributed by atoms with E-state index < -0.39 is 0 Å². The molecular formula is C14H14ClNOS. The first kappa shape index (κ1) is 13.1. The van der Waals surface area contributed by atoms with E-state index in [1.807, 2.05) is 36.4 Å². The van der Waals surface area contributed by atoms with Crippen LogP contribution in [-0.4, -0.2) is 5.91 Å². The van der Waals surface area contributed by atoms with Gasteiger partial charge in [-0.15, -0.1) is 22.9 Å². The van der Waals surface area contributed by atoms with Gasteiger partial charge < -0.3 is 5.32 Å². The predicted octanol–water partition coefficient (Wildman–Crippen LogP) is 4.30. The van der Waals surface area contributed by atoms with Crippen molar-refractivity contribution in [3.05, 3.63) is 51.7 Å². The maximum Gasteiger partial charge on any atom is 0.265 e. The summed E-state index contributed by atoms with van der Waals surface area (Å²) < 4.78 is 0. The highest BCUT2D eigenvalue weighted by molar-refractivity contribution is 7.14. The standard InChI is InChI=1S/C14H14ClNOS/c1-2-12-7-8-13(18-12)14(17)16-11-5-3-10(9-15)4-6-11/h3-8H,2,9H2,1H3,(H,16,17). The van der Waals surface area contributed by atoms with Crippen LogP contribution in [0.2, 0.25) is 0 Å². The van der Waals surface area contributed by atoms with E-state index in [0.717, 1.165) is 22.5 Å². The zero-order valence-corrected chi connectivity index (χ0v) is 11.6. The van der Waals surface area contributed by atoms with E-state index in [0.29, 0.717) is 5.88 Å². The Morgan fingerprint density at radius 1 is 1.22 bits per heavy atom. The van der Waals surface area contributed by atoms with Crippen LogP contribution < -0.4 is 5.32 Å². The smallest absolute Gasteiger partial charge is 0.265 e. The number of hydrogen-bond acceptors (Lipinski definition) is 2. The summed E-state index contributed by atoms with van der Waals surface area (Å²) in [6.07, 6.45) is 0.961. The highest BCUT2D eigenvalue weighted by atomic mass is 35.5. The number of nitrogens with one attached hydrogen (secondary N) is 1. The summed E-state index contributed by atoms with van der Waals surface area (Å²) in [7, 11) is 0. The zero-order chi connectivity index (χ0) is 13.0. The number of aryl methyl sites for hydroxylation is 1. The van der Waals surface area contributed by atoms with Gasteiger partial charge in [0.05, 0.1) is 4.88 Å². The van der Waals surface area contributed by atoms with Gasteiger partial charge >= 0.3 is 0 Å². The van der Waals surface area contributed by atoms with Crippen LogP contribution in [0.5, 0.6) is 0 Å². The van der Waals surface area contributed by atoms with Crippen LogP contribution in [0.3, 0.4) is 0 Å². The molecule has 4 heteroatoms. The van der Waals surface area contributed by atoms with Gasteiger partial charge in [0, 0.05) is 16.4 Å². The third-order valence-corrected chi connectivity index (χ3v) is 4.14. The number of thiophene rings is 1. The van der Waals surface area contributed by atoms with Gasteiger partial charge in [0.1, 0.15) is 0 Å². The van der Waals surface area contributed by atoms with Crippen LogP contribution in [-0.2, 0) is 12.3 Å². The summed E-state index contributed by atoms with van der Waals surface area (Å²) in [6, 6.07) is 11.4. The van der Waals surface area contributed by atoms with Crippen molar-refractivity contribution in [3.8, 4) is 0 Å². The average Bonchev–Trinajstić information content (AvgIpc) is 2.88. The summed E-state index contributed by atoms with van der Waals surface area (Å²) in [5, 5.41) is 2.88. The molecule has 94 valence electrons. The minimum absolute atomic E-state index is 0.0571. The average molecular weight is 280 g/mol. The summed E-state index contributed by atoms with van der Waals surface area (Å²) in [5.41, 5.74) is 1.83. The topological polar surface area (TPSA) is 29.1 Å². The number of rotatable bonds is 4. The number of hydrogen-bond donors (Lipinski definition) is 1. The first-order valence-corrected chi connectivity index (χ1v) is 7.13. The molecule has 0 saturated carbocycles. The summed E-state index contributed by atoms with van der Waals surface area (Å²) in [4.78, 5) is 13.9. The monoisotopic (exact) mass is 279 g/mol. The number of halogens is 1. The van der Waals surface area contributed by atoms with E-state index in [9.17, 15) is 4.79 Å². The van der Waals surface area contributed by atoms with Crippen LogP contribution in [0.25, 0.3) is 0 Å². The maximum absolute atomic E-state index is 12.0. The van der Waals surface area contributed by atoms with Gasteiger partial charge in [0.2, 0.25) is 0 Å². The largest absolute Gasteiger partial charge is 0.321 e. The Bertz CT molecular complexity index is 533. The molecule has 0 radical (unpaired) electrons. The van der Waals surface area contributed by atoms with E-state index in [-0.39, 0.29) is 5.91 Å². The molecule has 2 nitrogen and oxygen atoms in total. The second-order valence-electron chi connectivity index (χ2n) is 3.90. The van der Waals surface area contributed by atoms with Crippen molar-refractivity contribution >= 4 is 34.5 Å². The van der Waals surface area contributed by atoms with Crippen LogP contribution in [0, 0.1) is 0 Å². The Balaban J connectivity index is 2.06. The van der Waals surface area contributed by atoms with Crippen LogP contribution >= 0.6 is 22.9 Å². The molecule has 0 aliphatic heterocycles. The van der Waals surface area contributed by atoms with Crippen molar-refractivity contribution in [3.63, 3.8) is 0 Å². The lowest BCUT2D eigenvalue weighted by molar-refractivity contribution is 0.103. The number of amides is 1. The first-order chi connectivity index (χ1) is 8.72.